The van der Waals surface area contributed by atoms with Crippen molar-refractivity contribution in [2.24, 2.45) is 5.10 Å². The molecule has 10 heteroatoms. The summed E-state index contributed by atoms with van der Waals surface area (Å²) in [5, 5.41) is 14.4. The summed E-state index contributed by atoms with van der Waals surface area (Å²) in [5.74, 6) is -1.84. The van der Waals surface area contributed by atoms with Crippen LogP contribution >= 0.6 is 0 Å². The Morgan fingerprint density at radius 1 is 1.16 bits per heavy atom. The molecule has 31 heavy (non-hydrogen) atoms. The van der Waals surface area contributed by atoms with Gasteiger partial charge in [-0.25, -0.2) is 17.8 Å². The van der Waals surface area contributed by atoms with Crippen LogP contribution < -0.4 is 4.72 Å². The quantitative estimate of drug-likeness (QED) is 0.645. The predicted octanol–water partition coefficient (Wildman–Crippen LogP) is 3.13. The number of anilines is 1. The number of hydrogen-bond donors (Lipinski definition) is 2. The number of aliphatic carboxylic acids is 1. The molecule has 2 N–H and O–H groups in total. The minimum atomic E-state index is -3.41. The summed E-state index contributed by atoms with van der Waals surface area (Å²) >= 11 is 0. The monoisotopic (exact) mass is 447 g/mol. The van der Waals surface area contributed by atoms with Crippen molar-refractivity contribution in [3.8, 4) is 0 Å². The van der Waals surface area contributed by atoms with E-state index in [4.69, 9.17) is 5.11 Å². The molecule has 0 saturated carbocycles. The first-order valence-corrected chi connectivity index (χ1v) is 11.5. The van der Waals surface area contributed by atoms with Gasteiger partial charge in [0.25, 0.3) is 0 Å². The van der Waals surface area contributed by atoms with Crippen molar-refractivity contribution in [3.05, 3.63) is 65.5 Å². The van der Waals surface area contributed by atoms with Gasteiger partial charge in [0, 0.05) is 30.5 Å². The van der Waals surface area contributed by atoms with Gasteiger partial charge in [-0.2, -0.15) is 5.10 Å². The van der Waals surface area contributed by atoms with E-state index in [9.17, 15) is 22.4 Å². The number of sulfonamides is 1. The molecule has 1 aliphatic heterocycles. The molecule has 0 fully saturated rings. The zero-order valence-electron chi connectivity index (χ0n) is 16.8. The van der Waals surface area contributed by atoms with Crippen LogP contribution in [0.1, 0.15) is 42.9 Å². The number of halogens is 1. The molecule has 0 bridgehead atoms. The van der Waals surface area contributed by atoms with E-state index in [-0.39, 0.29) is 31.6 Å². The van der Waals surface area contributed by atoms with Gasteiger partial charge in [-0.3, -0.25) is 14.3 Å². The summed E-state index contributed by atoms with van der Waals surface area (Å²) in [6, 6.07) is 12.0. The summed E-state index contributed by atoms with van der Waals surface area (Å²) in [4.78, 5) is 23.5. The van der Waals surface area contributed by atoms with Gasteiger partial charge in [0.2, 0.25) is 15.9 Å². The Morgan fingerprint density at radius 3 is 2.45 bits per heavy atom. The van der Waals surface area contributed by atoms with Gasteiger partial charge in [-0.05, 0) is 30.2 Å². The third-order valence-electron chi connectivity index (χ3n) is 4.73. The van der Waals surface area contributed by atoms with Crippen LogP contribution in [0, 0.1) is 5.82 Å². The first kappa shape index (κ1) is 22.4. The second-order valence-corrected chi connectivity index (χ2v) is 8.97. The minimum absolute atomic E-state index is 0.0226. The van der Waals surface area contributed by atoms with Crippen molar-refractivity contribution in [2.45, 2.75) is 31.7 Å². The molecule has 1 heterocycles. The molecule has 1 aliphatic rings. The number of rotatable bonds is 8. The number of carboxylic acids is 1. The predicted molar refractivity (Wildman–Crippen MR) is 114 cm³/mol. The number of carboxylic acid groups (broad SMARTS) is 1. The molecule has 2 aromatic rings. The van der Waals surface area contributed by atoms with Crippen molar-refractivity contribution in [1.82, 2.24) is 5.01 Å². The van der Waals surface area contributed by atoms with Gasteiger partial charge in [0.1, 0.15) is 5.82 Å². The van der Waals surface area contributed by atoms with Gasteiger partial charge < -0.3 is 5.11 Å². The van der Waals surface area contributed by atoms with E-state index in [1.807, 2.05) is 0 Å². The number of nitrogens with one attached hydrogen (secondary N) is 1. The molecule has 1 amide bonds. The van der Waals surface area contributed by atoms with E-state index in [1.54, 1.807) is 42.5 Å². The third-order valence-corrected chi connectivity index (χ3v) is 5.34. The maximum absolute atomic E-state index is 14.4. The Balaban J connectivity index is 1.86. The lowest BCUT2D eigenvalue weighted by Crippen LogP contribution is -2.27. The third kappa shape index (κ3) is 5.88. The molecule has 0 saturated heterocycles. The fourth-order valence-corrected chi connectivity index (χ4v) is 3.92. The average molecular weight is 447 g/mol. The first-order chi connectivity index (χ1) is 14.6. The van der Waals surface area contributed by atoms with Crippen LogP contribution in [0.25, 0.3) is 0 Å². The van der Waals surface area contributed by atoms with E-state index in [2.05, 4.69) is 9.82 Å². The van der Waals surface area contributed by atoms with Crippen molar-refractivity contribution < 1.29 is 27.5 Å². The second kappa shape index (κ2) is 9.25. The molecule has 0 spiro atoms. The SMILES string of the molecule is CS(=O)(=O)Nc1ccc(C2=NN(C(=O)CCCC(=O)O)C(c3ccccc3F)C2)cc1. The number of benzene rings is 2. The highest BCUT2D eigenvalue weighted by molar-refractivity contribution is 7.92. The van der Waals surface area contributed by atoms with Gasteiger partial charge in [0.05, 0.1) is 18.0 Å². The average Bonchev–Trinajstić information content (AvgIpc) is 3.12. The molecular formula is C21H22FN3O5S. The molecule has 0 aliphatic carbocycles. The van der Waals surface area contributed by atoms with Crippen LogP contribution in [-0.2, 0) is 19.6 Å². The Bertz CT molecular complexity index is 1120. The Kier molecular flexibility index (Phi) is 6.69. The van der Waals surface area contributed by atoms with E-state index >= 15 is 0 Å². The molecule has 2 aromatic carbocycles. The van der Waals surface area contributed by atoms with E-state index < -0.39 is 27.9 Å². The van der Waals surface area contributed by atoms with Crippen molar-refractivity contribution in [3.63, 3.8) is 0 Å². The lowest BCUT2D eigenvalue weighted by atomic mass is 9.97. The fourth-order valence-electron chi connectivity index (χ4n) is 3.35. The minimum Gasteiger partial charge on any atom is -0.481 e. The van der Waals surface area contributed by atoms with Crippen LogP contribution in [0.3, 0.4) is 0 Å². The number of amides is 1. The number of hydrazone groups is 1. The van der Waals surface area contributed by atoms with Crippen LogP contribution in [-0.4, -0.2) is 42.4 Å². The maximum Gasteiger partial charge on any atom is 0.303 e. The number of carbonyl (C=O) groups excluding carboxylic acids is 1. The molecule has 3 rings (SSSR count). The fraction of sp³-hybridized carbons (Fsp3) is 0.286. The van der Waals surface area contributed by atoms with Gasteiger partial charge >= 0.3 is 5.97 Å². The second-order valence-electron chi connectivity index (χ2n) is 7.23. The van der Waals surface area contributed by atoms with Crippen LogP contribution in [0.2, 0.25) is 0 Å². The maximum atomic E-state index is 14.4. The Morgan fingerprint density at radius 2 is 1.84 bits per heavy atom. The molecule has 164 valence electrons. The summed E-state index contributed by atoms with van der Waals surface area (Å²) < 4.78 is 39.6. The van der Waals surface area contributed by atoms with Gasteiger partial charge in [0.15, 0.2) is 0 Å². The summed E-state index contributed by atoms with van der Waals surface area (Å²) in [6.45, 7) is 0. The topological polar surface area (TPSA) is 116 Å². The standard InChI is InChI=1S/C21H22FN3O5S/c1-31(29,30)24-15-11-9-14(10-12-15)18-13-19(16-5-2-3-6-17(16)22)25(23-18)20(26)7-4-8-21(27)28/h2-3,5-6,9-12,19,24H,4,7-8,13H2,1H3,(H,27,28). The number of nitrogens with zero attached hydrogens (tertiary/aromatic N) is 2. The lowest BCUT2D eigenvalue weighted by Gasteiger charge is -2.22. The van der Waals surface area contributed by atoms with Gasteiger partial charge in [-0.1, -0.05) is 30.3 Å². The summed E-state index contributed by atoms with van der Waals surface area (Å²) in [7, 11) is -3.41. The van der Waals surface area contributed by atoms with Crippen molar-refractivity contribution in [2.75, 3.05) is 11.0 Å². The Hall–Kier alpha value is -3.27. The van der Waals surface area contributed by atoms with Crippen molar-refractivity contribution in [1.29, 1.82) is 0 Å². The first-order valence-electron chi connectivity index (χ1n) is 9.58. The lowest BCUT2D eigenvalue weighted by molar-refractivity contribution is -0.137. The summed E-state index contributed by atoms with van der Waals surface area (Å²) in [6.07, 6.45) is 1.31. The highest BCUT2D eigenvalue weighted by Gasteiger charge is 2.34. The van der Waals surface area contributed by atoms with E-state index in [0.717, 1.165) is 6.26 Å². The molecule has 0 aromatic heterocycles. The highest BCUT2D eigenvalue weighted by Crippen LogP contribution is 2.35. The van der Waals surface area contributed by atoms with E-state index in [0.29, 0.717) is 22.5 Å². The molecule has 0 radical (unpaired) electrons. The zero-order chi connectivity index (χ0) is 22.6. The molecular weight excluding hydrogens is 425 g/mol. The Labute approximate surface area is 179 Å². The van der Waals surface area contributed by atoms with Crippen LogP contribution in [0.5, 0.6) is 0 Å². The molecule has 1 atom stereocenters. The van der Waals surface area contributed by atoms with E-state index in [1.165, 1.54) is 11.1 Å². The number of carbonyl (C=O) groups is 2. The van der Waals surface area contributed by atoms with Crippen molar-refractivity contribution >= 4 is 33.3 Å². The number of hydrogen-bond acceptors (Lipinski definition) is 5. The van der Waals surface area contributed by atoms with Gasteiger partial charge in [-0.15, -0.1) is 0 Å². The zero-order valence-corrected chi connectivity index (χ0v) is 17.6. The molecule has 1 unspecified atom stereocenters. The largest absolute Gasteiger partial charge is 0.481 e. The van der Waals surface area contributed by atoms with Crippen LogP contribution in [0.15, 0.2) is 53.6 Å². The van der Waals surface area contributed by atoms with Crippen LogP contribution in [0.4, 0.5) is 10.1 Å². The normalized spacial score (nSPS) is 16.1. The highest BCUT2D eigenvalue weighted by atomic mass is 32.2. The summed E-state index contributed by atoms with van der Waals surface area (Å²) in [5.41, 5.74) is 1.92. The molecule has 8 nitrogen and oxygen atoms in total. The smallest absolute Gasteiger partial charge is 0.303 e.